The largest absolute Gasteiger partial charge is 0.854 e. The zero-order valence-corrected chi connectivity index (χ0v) is 19.7. The van der Waals surface area contributed by atoms with Crippen LogP contribution in [0, 0.1) is 0 Å². The molecule has 0 spiro atoms. The molecule has 0 saturated heterocycles. The van der Waals surface area contributed by atoms with Gasteiger partial charge in [-0.25, -0.2) is 0 Å². The zero-order chi connectivity index (χ0) is 20.6. The van der Waals surface area contributed by atoms with E-state index in [1.807, 2.05) is 34.6 Å². The molecule has 0 heterocycles. The van der Waals surface area contributed by atoms with Crippen molar-refractivity contribution in [3.63, 3.8) is 0 Å². The Bertz CT molecular complexity index is 96.5. The van der Waals surface area contributed by atoms with Gasteiger partial charge in [0.1, 0.15) is 0 Å². The predicted octanol–water partition coefficient (Wildman–Crippen LogP) is 0.732. The third-order valence-corrected chi connectivity index (χ3v) is 2.49. The van der Waals surface area contributed by atoms with Crippen molar-refractivity contribution in [1.82, 2.24) is 0 Å². The molecule has 6 heteroatoms. The van der Waals surface area contributed by atoms with E-state index >= 15 is 0 Å². The molecule has 0 aromatic heterocycles. The van der Waals surface area contributed by atoms with Crippen molar-refractivity contribution in [2.45, 2.75) is 98.8 Å². The summed E-state index contributed by atoms with van der Waals surface area (Å²) in [4.78, 5) is 0. The summed E-state index contributed by atoms with van der Waals surface area (Å²) in [6.45, 7) is 10.5. The van der Waals surface area contributed by atoms with Crippen molar-refractivity contribution in [2.75, 3.05) is 33.0 Å². The second-order valence-electron chi connectivity index (χ2n) is 5.29. The molecule has 0 fully saturated rings. The third kappa shape index (κ3) is 123. The Labute approximate surface area is 179 Å². The molecule has 5 nitrogen and oxygen atoms in total. The van der Waals surface area contributed by atoms with Gasteiger partial charge in [-0.2, -0.15) is 0 Å². The molecule has 0 saturated carbocycles. The van der Waals surface area contributed by atoms with Crippen LogP contribution in [0.2, 0.25) is 0 Å². The fraction of sp³-hybridized carbons (Fsp3) is 1.00. The molecular formula is C20H45O5Ti-5. The van der Waals surface area contributed by atoms with Crippen LogP contribution in [0.5, 0.6) is 0 Å². The molecule has 0 aliphatic heterocycles. The van der Waals surface area contributed by atoms with E-state index in [1.165, 1.54) is 0 Å². The Balaban J connectivity index is -0.0000000476. The maximum Gasteiger partial charge on any atom is 0 e. The molecule has 0 rings (SSSR count). The fourth-order valence-electron chi connectivity index (χ4n) is 0.722. The summed E-state index contributed by atoms with van der Waals surface area (Å²) >= 11 is 0. The minimum Gasteiger partial charge on any atom is -0.854 e. The van der Waals surface area contributed by atoms with Gasteiger partial charge in [-0.1, -0.05) is 98.8 Å². The second kappa shape index (κ2) is 63.7. The van der Waals surface area contributed by atoms with Crippen LogP contribution >= 0.6 is 0 Å². The average Bonchev–Trinajstić information content (AvgIpc) is 2.61. The van der Waals surface area contributed by atoms with Crippen LogP contribution in [0.25, 0.3) is 0 Å². The maximum atomic E-state index is 9.53. The first kappa shape index (κ1) is 41.0. The summed E-state index contributed by atoms with van der Waals surface area (Å²) in [5.41, 5.74) is 0. The number of hydrogen-bond acceptors (Lipinski definition) is 5. The molecule has 0 atom stereocenters. The maximum absolute atomic E-state index is 9.53. The van der Waals surface area contributed by atoms with Crippen LogP contribution in [0.1, 0.15) is 98.8 Å². The number of hydrogen-bond donors (Lipinski definition) is 0. The summed E-state index contributed by atoms with van der Waals surface area (Å²) in [5, 5.41) is 47.6. The summed E-state index contributed by atoms with van der Waals surface area (Å²) in [7, 11) is 0. The van der Waals surface area contributed by atoms with Crippen molar-refractivity contribution in [1.29, 1.82) is 0 Å². The SMILES string of the molecule is CCCC[O-].CCCC[O-].CCCC[O-].CCCC[O-].CCCC[O-].[Ti]. The van der Waals surface area contributed by atoms with E-state index in [4.69, 9.17) is 0 Å². The van der Waals surface area contributed by atoms with Gasteiger partial charge in [0, 0.05) is 21.7 Å². The van der Waals surface area contributed by atoms with Gasteiger partial charge in [-0.05, 0) is 0 Å². The van der Waals surface area contributed by atoms with E-state index < -0.39 is 0 Å². The molecule has 164 valence electrons. The van der Waals surface area contributed by atoms with Gasteiger partial charge in [0.15, 0.2) is 0 Å². The van der Waals surface area contributed by atoms with Crippen LogP contribution < -0.4 is 25.5 Å². The Morgan fingerprint density at radius 3 is 0.462 bits per heavy atom. The van der Waals surface area contributed by atoms with E-state index in [9.17, 15) is 25.5 Å². The monoisotopic (exact) mass is 413 g/mol. The molecule has 0 aromatic carbocycles. The van der Waals surface area contributed by atoms with E-state index in [0.717, 1.165) is 64.2 Å². The van der Waals surface area contributed by atoms with Crippen LogP contribution in [0.15, 0.2) is 0 Å². The molecule has 26 heavy (non-hydrogen) atoms. The van der Waals surface area contributed by atoms with Gasteiger partial charge in [-0.3, -0.25) is 0 Å². The Kier molecular flexibility index (Phi) is 100. The topological polar surface area (TPSA) is 115 Å². The van der Waals surface area contributed by atoms with E-state index in [0.29, 0.717) is 0 Å². The zero-order valence-electron chi connectivity index (χ0n) is 18.1. The normalized spacial score (nSPS) is 8.08. The molecular weight excluding hydrogens is 368 g/mol. The molecule has 0 aliphatic carbocycles. The third-order valence-electron chi connectivity index (χ3n) is 2.49. The Hall–Kier alpha value is 0.514. The minimum atomic E-state index is 0. The molecule has 0 radical (unpaired) electrons. The van der Waals surface area contributed by atoms with Crippen molar-refractivity contribution < 1.29 is 47.3 Å². The molecule has 0 aliphatic rings. The molecule has 0 aromatic rings. The first-order valence-electron chi connectivity index (χ1n) is 9.98. The fourth-order valence-corrected chi connectivity index (χ4v) is 0.722. The van der Waals surface area contributed by atoms with Gasteiger partial charge in [0.25, 0.3) is 0 Å². The Morgan fingerprint density at radius 2 is 0.462 bits per heavy atom. The van der Waals surface area contributed by atoms with Crippen molar-refractivity contribution in [2.24, 2.45) is 0 Å². The molecule has 0 unspecified atom stereocenters. The van der Waals surface area contributed by atoms with E-state index in [1.54, 1.807) is 0 Å². The summed E-state index contributed by atoms with van der Waals surface area (Å²) < 4.78 is 0. The molecule has 0 bridgehead atoms. The first-order valence-corrected chi connectivity index (χ1v) is 9.98. The minimum absolute atomic E-state index is 0. The standard InChI is InChI=1S/5C4H9O.Ti/c5*1-2-3-4-5;/h5*2-4H2,1H3;/q5*-1;. The second-order valence-corrected chi connectivity index (χ2v) is 5.29. The average molecular weight is 413 g/mol. The van der Waals surface area contributed by atoms with Gasteiger partial charge in [-0.15, -0.1) is 33.0 Å². The van der Waals surface area contributed by atoms with E-state index in [2.05, 4.69) is 0 Å². The van der Waals surface area contributed by atoms with Crippen LogP contribution in [-0.2, 0) is 21.7 Å². The summed E-state index contributed by atoms with van der Waals surface area (Å²) in [5.74, 6) is 0. The van der Waals surface area contributed by atoms with Crippen molar-refractivity contribution >= 4 is 0 Å². The van der Waals surface area contributed by atoms with Crippen molar-refractivity contribution in [3.8, 4) is 0 Å². The Morgan fingerprint density at radius 1 is 0.346 bits per heavy atom. The first-order chi connectivity index (χ1) is 12.1. The van der Waals surface area contributed by atoms with Crippen LogP contribution in [0.4, 0.5) is 0 Å². The molecule has 0 amide bonds. The molecule has 0 N–H and O–H groups in total. The summed E-state index contributed by atoms with van der Waals surface area (Å²) in [6.07, 6.45) is 9.32. The van der Waals surface area contributed by atoms with Gasteiger partial charge >= 0.3 is 0 Å². The van der Waals surface area contributed by atoms with Crippen LogP contribution in [-0.4, -0.2) is 33.0 Å². The number of rotatable bonds is 10. The van der Waals surface area contributed by atoms with Gasteiger partial charge in [0.05, 0.1) is 0 Å². The van der Waals surface area contributed by atoms with Crippen molar-refractivity contribution in [3.05, 3.63) is 0 Å². The smallest absolute Gasteiger partial charge is 0 e. The summed E-state index contributed by atoms with van der Waals surface area (Å²) in [6, 6.07) is 0. The number of unbranched alkanes of at least 4 members (excludes halogenated alkanes) is 5. The van der Waals surface area contributed by atoms with Crippen LogP contribution in [0.3, 0.4) is 0 Å². The van der Waals surface area contributed by atoms with Gasteiger partial charge < -0.3 is 25.5 Å². The van der Waals surface area contributed by atoms with Gasteiger partial charge in [0.2, 0.25) is 0 Å². The predicted molar refractivity (Wildman–Crippen MR) is 98.9 cm³/mol. The van der Waals surface area contributed by atoms with E-state index in [-0.39, 0.29) is 54.8 Å². The quantitative estimate of drug-likeness (QED) is 0.490.